The number of amides is 2. The number of ether oxygens (including phenoxy) is 3. The van der Waals surface area contributed by atoms with Gasteiger partial charge in [0.2, 0.25) is 5.91 Å². The zero-order chi connectivity index (χ0) is 22.0. The summed E-state index contributed by atoms with van der Waals surface area (Å²) in [4.78, 5) is 30.2. The molecule has 0 aliphatic carbocycles. The summed E-state index contributed by atoms with van der Waals surface area (Å²) < 4.78 is 16.9. The molecule has 2 atom stereocenters. The van der Waals surface area contributed by atoms with E-state index in [-0.39, 0.29) is 30.2 Å². The number of methoxy groups -OCH3 is 2. The van der Waals surface area contributed by atoms with E-state index in [1.807, 2.05) is 47.1 Å². The number of carbonyl (C=O) groups is 2. The highest BCUT2D eigenvalue weighted by atomic mass is 16.5. The minimum absolute atomic E-state index is 0.0382. The highest BCUT2D eigenvalue weighted by Gasteiger charge is 2.41. The van der Waals surface area contributed by atoms with Crippen LogP contribution in [0.2, 0.25) is 0 Å². The van der Waals surface area contributed by atoms with Crippen LogP contribution >= 0.6 is 0 Å². The number of para-hydroxylation sites is 1. The van der Waals surface area contributed by atoms with Crippen LogP contribution in [0.5, 0.6) is 17.2 Å². The molecule has 0 aromatic heterocycles. The lowest BCUT2D eigenvalue weighted by molar-refractivity contribution is -0.134. The Balaban J connectivity index is 1.79. The number of fused-ring (bicyclic) bond motifs is 3. The first kappa shape index (κ1) is 21.0. The van der Waals surface area contributed by atoms with Gasteiger partial charge in [-0.25, -0.2) is 0 Å². The van der Waals surface area contributed by atoms with E-state index in [1.165, 1.54) is 0 Å². The van der Waals surface area contributed by atoms with Crippen LogP contribution in [-0.4, -0.2) is 62.1 Å². The van der Waals surface area contributed by atoms with Crippen molar-refractivity contribution >= 4 is 11.8 Å². The zero-order valence-electron chi connectivity index (χ0n) is 18.2. The van der Waals surface area contributed by atoms with Gasteiger partial charge in [-0.05, 0) is 31.2 Å². The normalized spacial score (nSPS) is 20.7. The van der Waals surface area contributed by atoms with E-state index in [4.69, 9.17) is 14.2 Å². The summed E-state index contributed by atoms with van der Waals surface area (Å²) in [6.45, 7) is 3.91. The van der Waals surface area contributed by atoms with Crippen LogP contribution in [0.25, 0.3) is 0 Å². The third-order valence-corrected chi connectivity index (χ3v) is 6.13. The smallest absolute Gasteiger partial charge is 0.258 e. The second kappa shape index (κ2) is 8.88. The van der Waals surface area contributed by atoms with Gasteiger partial charge in [0.15, 0.2) is 0 Å². The van der Waals surface area contributed by atoms with E-state index in [9.17, 15) is 9.59 Å². The second-order valence-corrected chi connectivity index (χ2v) is 7.80. The molecule has 1 fully saturated rings. The van der Waals surface area contributed by atoms with Gasteiger partial charge in [-0.2, -0.15) is 0 Å². The molecule has 0 radical (unpaired) electrons. The predicted molar refractivity (Wildman–Crippen MR) is 116 cm³/mol. The number of hydrogen-bond donors (Lipinski definition) is 0. The standard InChI is InChI=1S/C24H28N2O5/c1-4-25-14-16-15-31-21-13-17(29-2)9-10-18(21)23(16)26(12-11-22(25)27)24(28)19-7-5-6-8-20(19)30-3/h5-10,13,16,23H,4,11-12,14-15H2,1-3H3/t16-,23-/m0/s1. The molecule has 0 saturated carbocycles. The fourth-order valence-corrected chi connectivity index (χ4v) is 4.54. The van der Waals surface area contributed by atoms with E-state index in [2.05, 4.69) is 0 Å². The van der Waals surface area contributed by atoms with Crippen LogP contribution in [-0.2, 0) is 4.79 Å². The average Bonchev–Trinajstić information content (AvgIpc) is 2.81. The van der Waals surface area contributed by atoms with Crippen LogP contribution in [0.15, 0.2) is 42.5 Å². The molecule has 2 aromatic carbocycles. The van der Waals surface area contributed by atoms with Crippen molar-refractivity contribution < 1.29 is 23.8 Å². The quantitative estimate of drug-likeness (QED) is 0.754. The molecule has 0 bridgehead atoms. The number of carbonyl (C=O) groups excluding carboxylic acids is 2. The molecule has 2 aliphatic rings. The van der Waals surface area contributed by atoms with Gasteiger partial charge >= 0.3 is 0 Å². The molecule has 0 N–H and O–H groups in total. The first-order valence-electron chi connectivity index (χ1n) is 10.6. The van der Waals surface area contributed by atoms with Gasteiger partial charge < -0.3 is 24.0 Å². The molecule has 164 valence electrons. The molecule has 31 heavy (non-hydrogen) atoms. The molecule has 2 aromatic rings. The van der Waals surface area contributed by atoms with Crippen LogP contribution in [0.4, 0.5) is 0 Å². The zero-order valence-corrected chi connectivity index (χ0v) is 18.2. The maximum atomic E-state index is 13.7. The van der Waals surface area contributed by atoms with Gasteiger partial charge in [0, 0.05) is 43.6 Å². The summed E-state index contributed by atoms with van der Waals surface area (Å²) in [6, 6.07) is 12.7. The summed E-state index contributed by atoms with van der Waals surface area (Å²) >= 11 is 0. The van der Waals surface area contributed by atoms with E-state index >= 15 is 0 Å². The van der Waals surface area contributed by atoms with Crippen LogP contribution in [0, 0.1) is 5.92 Å². The van der Waals surface area contributed by atoms with Crippen LogP contribution < -0.4 is 14.2 Å². The van der Waals surface area contributed by atoms with Gasteiger partial charge in [0.05, 0.1) is 32.4 Å². The molecule has 2 aliphatic heterocycles. The lowest BCUT2D eigenvalue weighted by atomic mass is 9.87. The summed E-state index contributed by atoms with van der Waals surface area (Å²) in [6.07, 6.45) is 0.282. The minimum Gasteiger partial charge on any atom is -0.497 e. The van der Waals surface area contributed by atoms with Crippen molar-refractivity contribution in [2.24, 2.45) is 5.92 Å². The molecule has 2 amide bonds. The number of nitrogens with zero attached hydrogens (tertiary/aromatic N) is 2. The SMILES string of the molecule is CCN1C[C@H]2COc3cc(OC)ccc3[C@H]2N(C(=O)c2ccccc2OC)CCC1=O. The van der Waals surface area contributed by atoms with Gasteiger partial charge in [-0.15, -0.1) is 0 Å². The minimum atomic E-state index is -0.214. The Labute approximate surface area is 182 Å². The Morgan fingerprint density at radius 2 is 1.97 bits per heavy atom. The van der Waals surface area contributed by atoms with E-state index in [0.717, 1.165) is 5.56 Å². The number of rotatable bonds is 4. The molecular weight excluding hydrogens is 396 g/mol. The predicted octanol–water partition coefficient (Wildman–Crippen LogP) is 3.15. The lowest BCUT2D eigenvalue weighted by Gasteiger charge is -2.44. The molecule has 4 rings (SSSR count). The van der Waals surface area contributed by atoms with Crippen molar-refractivity contribution in [2.45, 2.75) is 19.4 Å². The Kier molecular flexibility index (Phi) is 6.02. The first-order chi connectivity index (χ1) is 15.1. The number of benzene rings is 2. The fourth-order valence-electron chi connectivity index (χ4n) is 4.54. The third kappa shape index (κ3) is 3.92. The molecule has 0 spiro atoms. The van der Waals surface area contributed by atoms with Gasteiger partial charge in [0.25, 0.3) is 5.91 Å². The third-order valence-electron chi connectivity index (χ3n) is 6.13. The lowest BCUT2D eigenvalue weighted by Crippen LogP contribution is -2.51. The fraction of sp³-hybridized carbons (Fsp3) is 0.417. The van der Waals surface area contributed by atoms with Gasteiger partial charge in [-0.3, -0.25) is 9.59 Å². The molecule has 0 unspecified atom stereocenters. The van der Waals surface area contributed by atoms with E-state index in [0.29, 0.717) is 49.1 Å². The van der Waals surface area contributed by atoms with Crippen molar-refractivity contribution in [1.82, 2.24) is 9.80 Å². The molecule has 7 heteroatoms. The maximum Gasteiger partial charge on any atom is 0.258 e. The Bertz CT molecular complexity index is 976. The van der Waals surface area contributed by atoms with Crippen LogP contribution in [0.1, 0.15) is 35.3 Å². The Hall–Kier alpha value is -3.22. The maximum absolute atomic E-state index is 13.7. The van der Waals surface area contributed by atoms with Crippen LogP contribution in [0.3, 0.4) is 0 Å². The Morgan fingerprint density at radius 3 is 2.71 bits per heavy atom. The van der Waals surface area contributed by atoms with E-state index < -0.39 is 0 Å². The first-order valence-corrected chi connectivity index (χ1v) is 10.6. The topological polar surface area (TPSA) is 68.3 Å². The molecule has 2 heterocycles. The monoisotopic (exact) mass is 424 g/mol. The summed E-state index contributed by atoms with van der Waals surface area (Å²) in [7, 11) is 3.17. The summed E-state index contributed by atoms with van der Waals surface area (Å²) in [5.74, 6) is 1.82. The van der Waals surface area contributed by atoms with Gasteiger partial charge in [-0.1, -0.05) is 12.1 Å². The average molecular weight is 424 g/mol. The van der Waals surface area contributed by atoms with Crippen molar-refractivity contribution in [1.29, 1.82) is 0 Å². The van der Waals surface area contributed by atoms with Crippen molar-refractivity contribution in [2.75, 3.05) is 40.5 Å². The van der Waals surface area contributed by atoms with Crippen molar-refractivity contribution in [3.8, 4) is 17.2 Å². The Morgan fingerprint density at radius 1 is 1.16 bits per heavy atom. The largest absolute Gasteiger partial charge is 0.497 e. The molecular formula is C24H28N2O5. The highest BCUT2D eigenvalue weighted by Crippen LogP contribution is 2.43. The molecule has 1 saturated heterocycles. The van der Waals surface area contributed by atoms with Gasteiger partial charge in [0.1, 0.15) is 17.2 Å². The molecule has 7 nitrogen and oxygen atoms in total. The highest BCUT2D eigenvalue weighted by molar-refractivity contribution is 5.97. The summed E-state index contributed by atoms with van der Waals surface area (Å²) in [5.41, 5.74) is 1.43. The van der Waals surface area contributed by atoms with Crippen molar-refractivity contribution in [3.63, 3.8) is 0 Å². The summed E-state index contributed by atoms with van der Waals surface area (Å²) in [5, 5.41) is 0. The second-order valence-electron chi connectivity index (χ2n) is 7.80. The number of hydrogen-bond acceptors (Lipinski definition) is 5. The van der Waals surface area contributed by atoms with E-state index in [1.54, 1.807) is 26.4 Å². The van der Waals surface area contributed by atoms with Crippen molar-refractivity contribution in [3.05, 3.63) is 53.6 Å².